The predicted octanol–water partition coefficient (Wildman–Crippen LogP) is 1.72. The van der Waals surface area contributed by atoms with E-state index in [2.05, 4.69) is 11.0 Å². The van der Waals surface area contributed by atoms with E-state index < -0.39 is 5.92 Å². The quantitative estimate of drug-likeness (QED) is 0.783. The van der Waals surface area contributed by atoms with Crippen molar-refractivity contribution in [2.24, 2.45) is 5.73 Å². The zero-order chi connectivity index (χ0) is 22.0. The summed E-state index contributed by atoms with van der Waals surface area (Å²) in [6, 6.07) is 11.3. The van der Waals surface area contributed by atoms with E-state index >= 15 is 0 Å². The molecule has 31 heavy (non-hydrogen) atoms. The Labute approximate surface area is 181 Å². The van der Waals surface area contributed by atoms with Gasteiger partial charge in [0.1, 0.15) is 23.1 Å². The number of benzene rings is 1. The van der Waals surface area contributed by atoms with Crippen LogP contribution in [0.25, 0.3) is 0 Å². The molecule has 1 fully saturated rings. The summed E-state index contributed by atoms with van der Waals surface area (Å²) in [7, 11) is 1.58. The minimum Gasteiger partial charge on any atom is -0.497 e. The van der Waals surface area contributed by atoms with Gasteiger partial charge < -0.3 is 24.5 Å². The van der Waals surface area contributed by atoms with E-state index in [0.717, 1.165) is 30.9 Å². The van der Waals surface area contributed by atoms with Crippen LogP contribution in [0.15, 0.2) is 46.6 Å². The summed E-state index contributed by atoms with van der Waals surface area (Å²) in [5, 5.41) is 9.81. The number of aromatic nitrogens is 1. The summed E-state index contributed by atoms with van der Waals surface area (Å²) < 4.78 is 18.2. The average Bonchev–Trinajstić information content (AvgIpc) is 2.78. The molecule has 0 unspecified atom stereocenters. The number of morpholine rings is 1. The van der Waals surface area contributed by atoms with Gasteiger partial charge in [-0.2, -0.15) is 5.26 Å². The Kier molecular flexibility index (Phi) is 5.98. The van der Waals surface area contributed by atoms with Crippen LogP contribution in [-0.4, -0.2) is 49.4 Å². The fourth-order valence-electron chi connectivity index (χ4n) is 4.18. The molecule has 2 aliphatic heterocycles. The van der Waals surface area contributed by atoms with Crippen molar-refractivity contribution in [3.8, 4) is 17.6 Å². The molecule has 1 atom stereocenters. The van der Waals surface area contributed by atoms with Gasteiger partial charge in [0, 0.05) is 37.9 Å². The number of rotatable bonds is 5. The van der Waals surface area contributed by atoms with Crippen LogP contribution in [0.3, 0.4) is 0 Å². The van der Waals surface area contributed by atoms with Crippen LogP contribution in [0.4, 0.5) is 0 Å². The van der Waals surface area contributed by atoms with Crippen LogP contribution in [0.1, 0.15) is 22.7 Å². The third-order valence-corrected chi connectivity index (χ3v) is 5.86. The van der Waals surface area contributed by atoms with Crippen molar-refractivity contribution >= 4 is 0 Å². The first-order valence-corrected chi connectivity index (χ1v) is 10.3. The van der Waals surface area contributed by atoms with E-state index in [1.54, 1.807) is 11.7 Å². The van der Waals surface area contributed by atoms with Gasteiger partial charge in [-0.25, -0.2) is 0 Å². The lowest BCUT2D eigenvalue weighted by Crippen LogP contribution is -2.40. The highest BCUT2D eigenvalue weighted by atomic mass is 16.5. The highest BCUT2D eigenvalue weighted by Gasteiger charge is 2.34. The van der Waals surface area contributed by atoms with E-state index in [1.807, 2.05) is 37.3 Å². The number of methoxy groups -OCH3 is 1. The van der Waals surface area contributed by atoms with Crippen molar-refractivity contribution in [2.75, 3.05) is 40.0 Å². The van der Waals surface area contributed by atoms with Gasteiger partial charge in [0.2, 0.25) is 5.88 Å². The number of hydrogen-bond acceptors (Lipinski definition) is 7. The van der Waals surface area contributed by atoms with Crippen molar-refractivity contribution in [3.63, 3.8) is 0 Å². The summed E-state index contributed by atoms with van der Waals surface area (Å²) in [6.45, 7) is 6.29. The van der Waals surface area contributed by atoms with Gasteiger partial charge in [0.05, 0.1) is 31.8 Å². The van der Waals surface area contributed by atoms with Gasteiger partial charge in [-0.15, -0.1) is 0 Å². The molecule has 0 spiro atoms. The fraction of sp³-hybridized carbons (Fsp3) is 0.391. The van der Waals surface area contributed by atoms with E-state index in [-0.39, 0.29) is 17.0 Å². The second-order valence-electron chi connectivity index (χ2n) is 7.68. The molecule has 162 valence electrons. The standard InChI is InChI=1S/C23H26N4O4/c1-15-12-19-21(23(28)27(15)7-6-26-8-10-30-11-9-26)20(18(14-24)22(25)31-19)16-4-3-5-17(13-16)29-2/h3-5,12-13,20H,6-11,25H2,1-2H3/t20-/m0/s1. The van der Waals surface area contributed by atoms with Gasteiger partial charge in [-0.1, -0.05) is 12.1 Å². The summed E-state index contributed by atoms with van der Waals surface area (Å²) in [6.07, 6.45) is 0. The number of pyridine rings is 1. The number of nitrogens with zero attached hydrogens (tertiary/aromatic N) is 3. The first-order chi connectivity index (χ1) is 15.0. The van der Waals surface area contributed by atoms with Crippen molar-refractivity contribution in [1.29, 1.82) is 5.26 Å². The van der Waals surface area contributed by atoms with Crippen LogP contribution >= 0.6 is 0 Å². The van der Waals surface area contributed by atoms with Crippen LogP contribution in [0.2, 0.25) is 0 Å². The molecule has 2 aliphatic rings. The van der Waals surface area contributed by atoms with E-state index in [0.29, 0.717) is 36.8 Å². The number of hydrogen-bond donors (Lipinski definition) is 1. The van der Waals surface area contributed by atoms with Crippen molar-refractivity contribution in [3.05, 3.63) is 69.0 Å². The zero-order valence-corrected chi connectivity index (χ0v) is 17.8. The molecule has 4 rings (SSSR count). The number of allylic oxidation sites excluding steroid dienone is 1. The average molecular weight is 422 g/mol. The highest BCUT2D eigenvalue weighted by molar-refractivity contribution is 5.56. The van der Waals surface area contributed by atoms with E-state index in [4.69, 9.17) is 19.9 Å². The predicted molar refractivity (Wildman–Crippen MR) is 115 cm³/mol. The molecule has 0 saturated carbocycles. The molecular formula is C23H26N4O4. The van der Waals surface area contributed by atoms with E-state index in [9.17, 15) is 10.1 Å². The lowest BCUT2D eigenvalue weighted by molar-refractivity contribution is 0.0362. The number of ether oxygens (including phenoxy) is 3. The summed E-state index contributed by atoms with van der Waals surface area (Å²) in [5.74, 6) is 0.440. The first-order valence-electron chi connectivity index (χ1n) is 10.3. The van der Waals surface area contributed by atoms with Crippen LogP contribution in [-0.2, 0) is 11.3 Å². The first kappa shape index (κ1) is 21.0. The smallest absolute Gasteiger partial charge is 0.258 e. The molecule has 8 nitrogen and oxygen atoms in total. The minimum absolute atomic E-state index is 0.0210. The molecule has 1 saturated heterocycles. The maximum Gasteiger partial charge on any atom is 0.258 e. The summed E-state index contributed by atoms with van der Waals surface area (Å²) >= 11 is 0. The molecule has 0 radical (unpaired) electrons. The zero-order valence-electron chi connectivity index (χ0n) is 17.8. The van der Waals surface area contributed by atoms with Gasteiger partial charge in [0.25, 0.3) is 5.56 Å². The molecule has 0 amide bonds. The Morgan fingerprint density at radius 1 is 1.26 bits per heavy atom. The Bertz CT molecular complexity index is 1110. The van der Waals surface area contributed by atoms with Crippen LogP contribution in [0, 0.1) is 18.3 Å². The molecule has 0 aliphatic carbocycles. The molecule has 8 heteroatoms. The molecule has 1 aromatic carbocycles. The third kappa shape index (κ3) is 4.02. The van der Waals surface area contributed by atoms with Gasteiger partial charge in [0.15, 0.2) is 0 Å². The summed E-state index contributed by atoms with van der Waals surface area (Å²) in [4.78, 5) is 15.9. The number of aryl methyl sites for hydroxylation is 1. The van der Waals surface area contributed by atoms with Gasteiger partial charge in [-0.3, -0.25) is 9.69 Å². The Hall–Kier alpha value is -3.28. The largest absolute Gasteiger partial charge is 0.497 e. The molecule has 2 N–H and O–H groups in total. The van der Waals surface area contributed by atoms with Gasteiger partial charge >= 0.3 is 0 Å². The van der Waals surface area contributed by atoms with E-state index in [1.165, 1.54) is 0 Å². The summed E-state index contributed by atoms with van der Waals surface area (Å²) in [5.41, 5.74) is 8.09. The minimum atomic E-state index is -0.619. The molecule has 1 aromatic heterocycles. The van der Waals surface area contributed by atoms with Crippen LogP contribution in [0.5, 0.6) is 11.5 Å². The number of fused-ring (bicyclic) bond motifs is 1. The number of nitrogens with two attached hydrogens (primary N) is 1. The molecule has 3 heterocycles. The Balaban J connectivity index is 1.78. The van der Waals surface area contributed by atoms with Gasteiger partial charge in [-0.05, 0) is 24.6 Å². The second kappa shape index (κ2) is 8.84. The number of nitriles is 1. The molecular weight excluding hydrogens is 396 g/mol. The SMILES string of the molecule is COc1cccc([C@H]2C(C#N)=C(N)Oc3cc(C)n(CCN4CCOCC4)c(=O)c32)c1. The van der Waals surface area contributed by atoms with Crippen LogP contribution < -0.4 is 20.8 Å². The molecule has 2 aromatic rings. The Morgan fingerprint density at radius 2 is 2.03 bits per heavy atom. The van der Waals surface area contributed by atoms with Crippen molar-refractivity contribution in [1.82, 2.24) is 9.47 Å². The normalized spacial score (nSPS) is 18.8. The monoisotopic (exact) mass is 422 g/mol. The fourth-order valence-corrected chi connectivity index (χ4v) is 4.18. The highest BCUT2D eigenvalue weighted by Crippen LogP contribution is 2.41. The second-order valence-corrected chi connectivity index (χ2v) is 7.68. The Morgan fingerprint density at radius 3 is 2.74 bits per heavy atom. The van der Waals surface area contributed by atoms with Crippen molar-refractivity contribution in [2.45, 2.75) is 19.4 Å². The topological polar surface area (TPSA) is 103 Å². The lowest BCUT2D eigenvalue weighted by atomic mass is 9.84. The maximum atomic E-state index is 13.6. The lowest BCUT2D eigenvalue weighted by Gasteiger charge is -2.29. The van der Waals surface area contributed by atoms with Crippen molar-refractivity contribution < 1.29 is 14.2 Å². The maximum absolute atomic E-state index is 13.6. The molecule has 0 bridgehead atoms. The third-order valence-electron chi connectivity index (χ3n) is 5.86.